The third kappa shape index (κ3) is 4.03. The zero-order valence-electron chi connectivity index (χ0n) is 11.1. The minimum absolute atomic E-state index is 0.0708. The molecule has 2 aromatic carbocycles. The number of non-ortho nitro benzene ring substituents is 1. The molecule has 21 heavy (non-hydrogen) atoms. The minimum Gasteiger partial charge on any atom is -0.352 e. The highest BCUT2D eigenvalue weighted by atomic mass is 35.5. The zero-order chi connectivity index (χ0) is 15.2. The first-order valence-corrected chi connectivity index (χ1v) is 6.72. The van der Waals surface area contributed by atoms with Gasteiger partial charge in [-0.3, -0.25) is 14.9 Å². The van der Waals surface area contributed by atoms with Crippen LogP contribution in [0, 0.1) is 10.1 Å². The molecule has 0 fully saturated rings. The third-order valence-corrected chi connectivity index (χ3v) is 3.26. The number of carbonyl (C=O) groups excluding carboxylic acids is 1. The van der Waals surface area contributed by atoms with E-state index in [1.807, 2.05) is 30.3 Å². The number of amides is 1. The lowest BCUT2D eigenvalue weighted by molar-refractivity contribution is -0.384. The Hall–Kier alpha value is -2.40. The lowest BCUT2D eigenvalue weighted by Gasteiger charge is -2.06. The molecule has 5 nitrogen and oxygen atoms in total. The van der Waals surface area contributed by atoms with Gasteiger partial charge in [-0.1, -0.05) is 41.9 Å². The van der Waals surface area contributed by atoms with Gasteiger partial charge in [0.1, 0.15) is 0 Å². The van der Waals surface area contributed by atoms with Crippen LogP contribution in [0.15, 0.2) is 48.5 Å². The second kappa shape index (κ2) is 6.85. The number of carbonyl (C=O) groups is 1. The molecule has 0 atom stereocenters. The van der Waals surface area contributed by atoms with E-state index in [-0.39, 0.29) is 22.2 Å². The van der Waals surface area contributed by atoms with Crippen LogP contribution in [-0.2, 0) is 6.42 Å². The van der Waals surface area contributed by atoms with Crippen molar-refractivity contribution in [1.29, 1.82) is 0 Å². The van der Waals surface area contributed by atoms with Crippen LogP contribution in [0.2, 0.25) is 5.02 Å². The summed E-state index contributed by atoms with van der Waals surface area (Å²) in [7, 11) is 0. The van der Waals surface area contributed by atoms with Crippen molar-refractivity contribution in [3.63, 3.8) is 0 Å². The Labute approximate surface area is 126 Å². The van der Waals surface area contributed by atoms with Crippen LogP contribution in [-0.4, -0.2) is 17.4 Å². The van der Waals surface area contributed by atoms with Gasteiger partial charge in [0.15, 0.2) is 0 Å². The summed E-state index contributed by atoms with van der Waals surface area (Å²) in [4.78, 5) is 22.0. The van der Waals surface area contributed by atoms with Crippen molar-refractivity contribution < 1.29 is 9.72 Å². The lowest BCUT2D eigenvalue weighted by atomic mass is 10.1. The summed E-state index contributed by atoms with van der Waals surface area (Å²) in [6.45, 7) is 0.468. The molecule has 0 aliphatic rings. The molecule has 2 aromatic rings. The second-order valence-corrected chi connectivity index (χ2v) is 4.82. The van der Waals surface area contributed by atoms with Crippen molar-refractivity contribution in [1.82, 2.24) is 5.32 Å². The molecule has 0 saturated carbocycles. The molecule has 1 N–H and O–H groups in total. The average molecular weight is 305 g/mol. The van der Waals surface area contributed by atoms with Gasteiger partial charge in [0.2, 0.25) is 0 Å². The van der Waals surface area contributed by atoms with Crippen LogP contribution < -0.4 is 5.32 Å². The Morgan fingerprint density at radius 3 is 2.52 bits per heavy atom. The molecule has 0 aromatic heterocycles. The standard InChI is InChI=1S/C15H13ClN2O3/c16-14-10-12(18(20)21)6-7-13(14)15(19)17-9-8-11-4-2-1-3-5-11/h1-7,10H,8-9H2,(H,17,19). The van der Waals surface area contributed by atoms with Crippen LogP contribution in [0.4, 0.5) is 5.69 Å². The van der Waals surface area contributed by atoms with E-state index < -0.39 is 4.92 Å². The van der Waals surface area contributed by atoms with Gasteiger partial charge in [0.05, 0.1) is 15.5 Å². The Kier molecular flexibility index (Phi) is 4.90. The fourth-order valence-corrected chi connectivity index (χ4v) is 2.12. The molecule has 108 valence electrons. The van der Waals surface area contributed by atoms with Gasteiger partial charge in [-0.2, -0.15) is 0 Å². The van der Waals surface area contributed by atoms with Crippen LogP contribution in [0.3, 0.4) is 0 Å². The molecule has 1 amide bonds. The molecular weight excluding hydrogens is 292 g/mol. The Morgan fingerprint density at radius 2 is 1.90 bits per heavy atom. The predicted octanol–water partition coefficient (Wildman–Crippen LogP) is 3.22. The van der Waals surface area contributed by atoms with Crippen LogP contribution in [0.25, 0.3) is 0 Å². The predicted molar refractivity (Wildman–Crippen MR) is 80.6 cm³/mol. The van der Waals surface area contributed by atoms with E-state index in [0.717, 1.165) is 5.56 Å². The number of hydrogen-bond acceptors (Lipinski definition) is 3. The summed E-state index contributed by atoms with van der Waals surface area (Å²) >= 11 is 5.90. The monoisotopic (exact) mass is 304 g/mol. The van der Waals surface area contributed by atoms with Gasteiger partial charge in [-0.05, 0) is 18.1 Å². The molecule has 0 radical (unpaired) electrons. The number of hydrogen-bond donors (Lipinski definition) is 1. The van der Waals surface area contributed by atoms with E-state index in [2.05, 4.69) is 5.32 Å². The van der Waals surface area contributed by atoms with E-state index in [4.69, 9.17) is 11.6 Å². The largest absolute Gasteiger partial charge is 0.352 e. The van der Waals surface area contributed by atoms with Crippen molar-refractivity contribution in [2.24, 2.45) is 0 Å². The van der Waals surface area contributed by atoms with Gasteiger partial charge < -0.3 is 5.32 Å². The Balaban J connectivity index is 1.96. The maximum absolute atomic E-state index is 12.0. The SMILES string of the molecule is O=C(NCCc1ccccc1)c1ccc([N+](=O)[O-])cc1Cl. The van der Waals surface area contributed by atoms with Gasteiger partial charge >= 0.3 is 0 Å². The molecule has 0 spiro atoms. The van der Waals surface area contributed by atoms with E-state index in [1.165, 1.54) is 18.2 Å². The fraction of sp³-hybridized carbons (Fsp3) is 0.133. The molecule has 0 bridgehead atoms. The van der Waals surface area contributed by atoms with Crippen LogP contribution >= 0.6 is 11.6 Å². The van der Waals surface area contributed by atoms with Gasteiger partial charge in [0, 0.05) is 18.7 Å². The van der Waals surface area contributed by atoms with E-state index in [9.17, 15) is 14.9 Å². The number of halogens is 1. The number of nitrogens with zero attached hydrogens (tertiary/aromatic N) is 1. The highest BCUT2D eigenvalue weighted by molar-refractivity contribution is 6.34. The zero-order valence-corrected chi connectivity index (χ0v) is 11.8. The summed E-state index contributed by atoms with van der Waals surface area (Å²) in [6, 6.07) is 13.5. The first-order chi connectivity index (χ1) is 10.1. The topological polar surface area (TPSA) is 72.2 Å². The quantitative estimate of drug-likeness (QED) is 0.681. The first-order valence-electron chi connectivity index (χ1n) is 6.34. The summed E-state index contributed by atoms with van der Waals surface area (Å²) < 4.78 is 0. The van der Waals surface area contributed by atoms with Gasteiger partial charge in [-0.25, -0.2) is 0 Å². The highest BCUT2D eigenvalue weighted by Gasteiger charge is 2.14. The fourth-order valence-electron chi connectivity index (χ4n) is 1.86. The molecule has 0 aliphatic heterocycles. The second-order valence-electron chi connectivity index (χ2n) is 4.41. The highest BCUT2D eigenvalue weighted by Crippen LogP contribution is 2.22. The normalized spacial score (nSPS) is 10.1. The first kappa shape index (κ1) is 15.0. The number of benzene rings is 2. The minimum atomic E-state index is -0.553. The van der Waals surface area contributed by atoms with Gasteiger partial charge in [-0.15, -0.1) is 0 Å². The number of nitro groups is 1. The molecule has 2 rings (SSSR count). The van der Waals surface area contributed by atoms with Crippen molar-refractivity contribution in [3.05, 3.63) is 74.8 Å². The summed E-state index contributed by atoms with van der Waals surface area (Å²) in [5.74, 6) is -0.342. The molecular formula is C15H13ClN2O3. The van der Waals surface area contributed by atoms with Crippen LogP contribution in [0.1, 0.15) is 15.9 Å². The Morgan fingerprint density at radius 1 is 1.19 bits per heavy atom. The molecule has 0 saturated heterocycles. The van der Waals surface area contributed by atoms with Crippen LogP contribution in [0.5, 0.6) is 0 Å². The molecule has 0 unspecified atom stereocenters. The molecule has 6 heteroatoms. The third-order valence-electron chi connectivity index (χ3n) is 2.95. The van der Waals surface area contributed by atoms with Crippen molar-refractivity contribution >= 4 is 23.2 Å². The molecule has 0 heterocycles. The van der Waals surface area contributed by atoms with Crippen molar-refractivity contribution in [3.8, 4) is 0 Å². The number of rotatable bonds is 5. The van der Waals surface area contributed by atoms with E-state index in [1.54, 1.807) is 0 Å². The lowest BCUT2D eigenvalue weighted by Crippen LogP contribution is -2.25. The average Bonchev–Trinajstić information content (AvgIpc) is 2.48. The van der Waals surface area contributed by atoms with Crippen molar-refractivity contribution in [2.75, 3.05) is 6.54 Å². The summed E-state index contributed by atoms with van der Waals surface area (Å²) in [6.07, 6.45) is 0.706. The summed E-state index contributed by atoms with van der Waals surface area (Å²) in [5, 5.41) is 13.4. The Bertz CT molecular complexity index is 659. The van der Waals surface area contributed by atoms with Gasteiger partial charge in [0.25, 0.3) is 11.6 Å². The number of nitrogens with one attached hydrogen (secondary N) is 1. The summed E-state index contributed by atoms with van der Waals surface area (Å²) in [5.41, 5.74) is 1.21. The maximum Gasteiger partial charge on any atom is 0.270 e. The van der Waals surface area contributed by atoms with Crippen molar-refractivity contribution in [2.45, 2.75) is 6.42 Å². The number of nitro benzene ring substituents is 1. The van der Waals surface area contributed by atoms with E-state index in [0.29, 0.717) is 13.0 Å². The molecule has 0 aliphatic carbocycles. The van der Waals surface area contributed by atoms with E-state index >= 15 is 0 Å². The smallest absolute Gasteiger partial charge is 0.270 e. The maximum atomic E-state index is 12.0.